The number of hydrogen-bond acceptors (Lipinski definition) is 3. The predicted molar refractivity (Wildman–Crippen MR) is 121 cm³/mol. The van der Waals surface area contributed by atoms with Crippen LogP contribution in [0.1, 0.15) is 48.9 Å². The van der Waals surface area contributed by atoms with Crippen molar-refractivity contribution in [3.8, 4) is 5.75 Å². The lowest BCUT2D eigenvalue weighted by Crippen LogP contribution is -2.48. The molecule has 0 aliphatic heterocycles. The fourth-order valence-corrected chi connectivity index (χ4v) is 3.49. The van der Waals surface area contributed by atoms with E-state index >= 15 is 0 Å². The zero-order valence-electron chi connectivity index (χ0n) is 18.8. The molecule has 0 aliphatic rings. The molecule has 2 aromatic rings. The fraction of sp³-hybridized carbons (Fsp3) is 0.440. The molecule has 0 unspecified atom stereocenters. The third-order valence-corrected chi connectivity index (χ3v) is 5.15. The smallest absolute Gasteiger partial charge is 0.242 e. The molecule has 0 fully saturated rings. The number of carbonyl (C=O) groups excluding carboxylic acids is 2. The van der Waals surface area contributed by atoms with Crippen molar-refractivity contribution >= 4 is 11.8 Å². The van der Waals surface area contributed by atoms with E-state index in [0.717, 1.165) is 40.8 Å². The van der Waals surface area contributed by atoms with E-state index in [4.69, 9.17) is 4.74 Å². The molecule has 0 spiro atoms. The summed E-state index contributed by atoms with van der Waals surface area (Å²) < 4.78 is 5.22. The van der Waals surface area contributed by atoms with Gasteiger partial charge in [-0.2, -0.15) is 0 Å². The molecule has 2 rings (SSSR count). The number of methoxy groups -OCH3 is 1. The van der Waals surface area contributed by atoms with Crippen molar-refractivity contribution < 1.29 is 14.3 Å². The predicted octanol–water partition coefficient (Wildman–Crippen LogP) is 4.19. The number of unbranched alkanes of at least 4 members (excludes halogenated alkanes) is 1. The SMILES string of the molecule is CCCCNC(=O)[C@@H](C)N(Cc1ccc(OC)cc1)C(=O)Cc1cc(C)cc(C)c1. The van der Waals surface area contributed by atoms with Gasteiger partial charge in [0.05, 0.1) is 13.5 Å². The minimum absolute atomic E-state index is 0.0611. The largest absolute Gasteiger partial charge is 0.497 e. The lowest BCUT2D eigenvalue weighted by atomic mass is 10.0. The maximum atomic E-state index is 13.3. The number of benzene rings is 2. The Labute approximate surface area is 180 Å². The second-order valence-corrected chi connectivity index (χ2v) is 7.86. The van der Waals surface area contributed by atoms with Crippen LogP contribution < -0.4 is 10.1 Å². The van der Waals surface area contributed by atoms with Crippen LogP contribution in [0.15, 0.2) is 42.5 Å². The van der Waals surface area contributed by atoms with Crippen LogP contribution in [-0.2, 0) is 22.6 Å². The summed E-state index contributed by atoms with van der Waals surface area (Å²) in [6.45, 7) is 8.93. The molecule has 2 amide bonds. The topological polar surface area (TPSA) is 58.6 Å². The van der Waals surface area contributed by atoms with Gasteiger partial charge in [-0.05, 0) is 50.5 Å². The summed E-state index contributed by atoms with van der Waals surface area (Å²) in [4.78, 5) is 27.6. The molecule has 1 N–H and O–H groups in total. The number of amides is 2. The molecular weight excluding hydrogens is 376 g/mol. The molecule has 0 saturated carbocycles. The maximum absolute atomic E-state index is 13.3. The highest BCUT2D eigenvalue weighted by molar-refractivity contribution is 5.88. The van der Waals surface area contributed by atoms with Crippen molar-refractivity contribution in [2.75, 3.05) is 13.7 Å². The van der Waals surface area contributed by atoms with Crippen molar-refractivity contribution in [3.05, 3.63) is 64.7 Å². The minimum Gasteiger partial charge on any atom is -0.497 e. The van der Waals surface area contributed by atoms with E-state index in [9.17, 15) is 9.59 Å². The quantitative estimate of drug-likeness (QED) is 0.598. The van der Waals surface area contributed by atoms with Crippen LogP contribution in [0.5, 0.6) is 5.75 Å². The van der Waals surface area contributed by atoms with Gasteiger partial charge in [-0.1, -0.05) is 54.8 Å². The molecule has 2 aromatic carbocycles. The van der Waals surface area contributed by atoms with Crippen LogP contribution >= 0.6 is 0 Å². The normalized spacial score (nSPS) is 11.6. The molecule has 0 aliphatic carbocycles. The molecule has 1 atom stereocenters. The van der Waals surface area contributed by atoms with Gasteiger partial charge >= 0.3 is 0 Å². The summed E-state index contributed by atoms with van der Waals surface area (Å²) in [7, 11) is 1.62. The van der Waals surface area contributed by atoms with Gasteiger partial charge in [0.25, 0.3) is 0 Å². The average molecular weight is 411 g/mol. The van der Waals surface area contributed by atoms with Crippen molar-refractivity contribution in [1.82, 2.24) is 10.2 Å². The number of nitrogens with zero attached hydrogens (tertiary/aromatic N) is 1. The molecule has 30 heavy (non-hydrogen) atoms. The third-order valence-electron chi connectivity index (χ3n) is 5.15. The molecule has 0 aromatic heterocycles. The van der Waals surface area contributed by atoms with Crippen LogP contribution in [-0.4, -0.2) is 36.4 Å². The molecule has 0 bridgehead atoms. The summed E-state index contributed by atoms with van der Waals surface area (Å²) in [5.74, 6) is 0.580. The van der Waals surface area contributed by atoms with E-state index in [0.29, 0.717) is 13.1 Å². The van der Waals surface area contributed by atoms with E-state index in [1.54, 1.807) is 18.9 Å². The van der Waals surface area contributed by atoms with Crippen LogP contribution in [0.4, 0.5) is 0 Å². The van der Waals surface area contributed by atoms with Gasteiger partial charge in [0, 0.05) is 13.1 Å². The Hall–Kier alpha value is -2.82. The highest BCUT2D eigenvalue weighted by atomic mass is 16.5. The standard InChI is InChI=1S/C25H34N2O3/c1-6-7-12-26-25(29)20(4)27(17-21-8-10-23(30-5)11-9-21)24(28)16-22-14-18(2)13-19(3)15-22/h8-11,13-15,20H,6-7,12,16-17H2,1-5H3,(H,26,29)/t20-/m1/s1. The Bertz CT molecular complexity index is 826. The lowest BCUT2D eigenvalue weighted by molar-refractivity contribution is -0.140. The number of nitrogens with one attached hydrogen (secondary N) is 1. The second kappa shape index (κ2) is 11.4. The van der Waals surface area contributed by atoms with E-state index in [2.05, 4.69) is 18.3 Å². The van der Waals surface area contributed by atoms with Crippen LogP contribution in [0, 0.1) is 13.8 Å². The van der Waals surface area contributed by atoms with Gasteiger partial charge in [-0.3, -0.25) is 9.59 Å². The zero-order valence-corrected chi connectivity index (χ0v) is 18.8. The number of ether oxygens (including phenoxy) is 1. The Balaban J connectivity index is 2.21. The molecule has 0 radical (unpaired) electrons. The molecular formula is C25H34N2O3. The van der Waals surface area contributed by atoms with Crippen molar-refractivity contribution in [3.63, 3.8) is 0 Å². The number of carbonyl (C=O) groups is 2. The Morgan fingerprint density at radius 3 is 2.23 bits per heavy atom. The van der Waals surface area contributed by atoms with Crippen molar-refractivity contribution in [2.24, 2.45) is 0 Å². The highest BCUT2D eigenvalue weighted by Gasteiger charge is 2.26. The van der Waals surface area contributed by atoms with Gasteiger partial charge in [0.2, 0.25) is 11.8 Å². The monoisotopic (exact) mass is 410 g/mol. The van der Waals surface area contributed by atoms with E-state index in [1.165, 1.54) is 0 Å². The number of hydrogen-bond donors (Lipinski definition) is 1. The fourth-order valence-electron chi connectivity index (χ4n) is 3.49. The summed E-state index contributed by atoms with van der Waals surface area (Å²) in [6, 6.07) is 13.2. The maximum Gasteiger partial charge on any atom is 0.242 e. The van der Waals surface area contributed by atoms with E-state index < -0.39 is 6.04 Å². The minimum atomic E-state index is -0.553. The Morgan fingerprint density at radius 2 is 1.67 bits per heavy atom. The van der Waals surface area contributed by atoms with Gasteiger partial charge in [0.15, 0.2) is 0 Å². The summed E-state index contributed by atoms with van der Waals surface area (Å²) in [6.07, 6.45) is 2.20. The van der Waals surface area contributed by atoms with E-state index in [-0.39, 0.29) is 18.2 Å². The van der Waals surface area contributed by atoms with Crippen molar-refractivity contribution in [2.45, 2.75) is 59.5 Å². The number of aryl methyl sites for hydroxylation is 2. The molecule has 0 heterocycles. The summed E-state index contributed by atoms with van der Waals surface area (Å²) in [5, 5.41) is 2.95. The Kier molecular flexibility index (Phi) is 8.90. The average Bonchev–Trinajstić information content (AvgIpc) is 2.71. The molecule has 5 nitrogen and oxygen atoms in total. The van der Waals surface area contributed by atoms with Gasteiger partial charge in [-0.15, -0.1) is 0 Å². The number of rotatable bonds is 10. The first-order chi connectivity index (χ1) is 14.3. The summed E-state index contributed by atoms with van der Waals surface area (Å²) >= 11 is 0. The van der Waals surface area contributed by atoms with Crippen LogP contribution in [0.2, 0.25) is 0 Å². The van der Waals surface area contributed by atoms with Crippen LogP contribution in [0.25, 0.3) is 0 Å². The lowest BCUT2D eigenvalue weighted by Gasteiger charge is -2.29. The van der Waals surface area contributed by atoms with E-state index in [1.807, 2.05) is 50.2 Å². The van der Waals surface area contributed by atoms with Gasteiger partial charge < -0.3 is 15.0 Å². The molecule has 5 heteroatoms. The second-order valence-electron chi connectivity index (χ2n) is 7.86. The molecule has 162 valence electrons. The molecule has 0 saturated heterocycles. The zero-order chi connectivity index (χ0) is 22.1. The Morgan fingerprint density at radius 1 is 1.03 bits per heavy atom. The highest BCUT2D eigenvalue weighted by Crippen LogP contribution is 2.17. The third kappa shape index (κ3) is 6.90. The van der Waals surface area contributed by atoms with Gasteiger partial charge in [0.1, 0.15) is 11.8 Å². The van der Waals surface area contributed by atoms with Crippen molar-refractivity contribution in [1.29, 1.82) is 0 Å². The van der Waals surface area contributed by atoms with Gasteiger partial charge in [-0.25, -0.2) is 0 Å². The summed E-state index contributed by atoms with van der Waals surface area (Å²) in [5.41, 5.74) is 4.18. The van der Waals surface area contributed by atoms with Crippen LogP contribution in [0.3, 0.4) is 0 Å². The first-order valence-electron chi connectivity index (χ1n) is 10.6. The first kappa shape index (κ1) is 23.5. The first-order valence-corrected chi connectivity index (χ1v) is 10.6.